The van der Waals surface area contributed by atoms with Crippen LogP contribution in [0.25, 0.3) is 0 Å². The molecule has 17 heavy (non-hydrogen) atoms. The summed E-state index contributed by atoms with van der Waals surface area (Å²) in [6.45, 7) is 5.70. The largest absolute Gasteiger partial charge is 0.395 e. The van der Waals surface area contributed by atoms with Crippen LogP contribution in [0.5, 0.6) is 0 Å². The van der Waals surface area contributed by atoms with Crippen molar-refractivity contribution in [2.45, 2.75) is 26.7 Å². The van der Waals surface area contributed by atoms with Crippen LogP contribution in [0.1, 0.15) is 25.6 Å². The van der Waals surface area contributed by atoms with Gasteiger partial charge in [0.25, 0.3) is 0 Å². The number of nitrogens with zero attached hydrogens (tertiary/aromatic N) is 3. The number of aromatic nitrogens is 2. The third-order valence-electron chi connectivity index (χ3n) is 2.56. The van der Waals surface area contributed by atoms with Gasteiger partial charge in [0, 0.05) is 26.2 Å². The van der Waals surface area contributed by atoms with Crippen molar-refractivity contribution in [3.63, 3.8) is 0 Å². The van der Waals surface area contributed by atoms with Crippen LogP contribution in [-0.4, -0.2) is 41.8 Å². The summed E-state index contributed by atoms with van der Waals surface area (Å²) in [5, 5.41) is 12.1. The second kappa shape index (κ2) is 7.06. The van der Waals surface area contributed by atoms with E-state index in [4.69, 9.17) is 5.11 Å². The Kier molecular flexibility index (Phi) is 5.69. The normalized spacial score (nSPS) is 10.4. The summed E-state index contributed by atoms with van der Waals surface area (Å²) >= 11 is 0. The quantitative estimate of drug-likeness (QED) is 0.752. The molecule has 0 saturated heterocycles. The molecule has 0 aromatic carbocycles. The van der Waals surface area contributed by atoms with Gasteiger partial charge in [-0.1, -0.05) is 13.3 Å². The van der Waals surface area contributed by atoms with E-state index in [1.54, 1.807) is 0 Å². The summed E-state index contributed by atoms with van der Waals surface area (Å²) in [6, 6.07) is 1.92. The van der Waals surface area contributed by atoms with E-state index in [1.807, 2.05) is 20.0 Å². The van der Waals surface area contributed by atoms with Gasteiger partial charge in [0.05, 0.1) is 6.61 Å². The molecule has 1 heterocycles. The minimum absolute atomic E-state index is 0.141. The zero-order chi connectivity index (χ0) is 12.7. The third-order valence-corrected chi connectivity index (χ3v) is 2.56. The van der Waals surface area contributed by atoms with E-state index < -0.39 is 0 Å². The van der Waals surface area contributed by atoms with Gasteiger partial charge in [-0.25, -0.2) is 9.97 Å². The molecule has 0 saturated carbocycles. The van der Waals surface area contributed by atoms with Gasteiger partial charge in [-0.2, -0.15) is 0 Å². The van der Waals surface area contributed by atoms with Crippen LogP contribution in [0.4, 0.5) is 11.6 Å². The van der Waals surface area contributed by atoms with Crippen LogP contribution in [0.2, 0.25) is 0 Å². The molecule has 1 aromatic heterocycles. The van der Waals surface area contributed by atoms with Gasteiger partial charge in [0.15, 0.2) is 0 Å². The van der Waals surface area contributed by atoms with Crippen molar-refractivity contribution in [3.05, 3.63) is 11.9 Å². The molecule has 0 amide bonds. The van der Waals surface area contributed by atoms with E-state index in [9.17, 15) is 0 Å². The Labute approximate surface area is 103 Å². The van der Waals surface area contributed by atoms with Gasteiger partial charge in [-0.15, -0.1) is 0 Å². The molecule has 2 N–H and O–H groups in total. The minimum Gasteiger partial charge on any atom is -0.395 e. The molecule has 5 heteroatoms. The second-order valence-corrected chi connectivity index (χ2v) is 3.97. The highest BCUT2D eigenvalue weighted by Gasteiger charge is 2.09. The minimum atomic E-state index is 0.141. The fourth-order valence-electron chi connectivity index (χ4n) is 1.65. The Balaban J connectivity index is 2.87. The Hall–Kier alpha value is -1.36. The molecule has 0 aliphatic carbocycles. The second-order valence-electron chi connectivity index (χ2n) is 3.97. The first-order valence-electron chi connectivity index (χ1n) is 6.10. The first-order valence-corrected chi connectivity index (χ1v) is 6.10. The van der Waals surface area contributed by atoms with E-state index in [2.05, 4.69) is 27.1 Å². The molecule has 1 rings (SSSR count). The van der Waals surface area contributed by atoms with Gasteiger partial charge in [-0.05, 0) is 13.3 Å². The summed E-state index contributed by atoms with van der Waals surface area (Å²) < 4.78 is 0. The Morgan fingerprint density at radius 2 is 2.12 bits per heavy atom. The molecule has 0 radical (unpaired) electrons. The lowest BCUT2D eigenvalue weighted by atomic mass is 10.3. The standard InChI is InChI=1S/C12H22N4O/c1-4-5-6-16(7-8-17)12-9-11(13-3)14-10(2)15-12/h9,17H,4-8H2,1-3H3,(H,13,14,15). The summed E-state index contributed by atoms with van der Waals surface area (Å²) in [7, 11) is 1.84. The van der Waals surface area contributed by atoms with Crippen molar-refractivity contribution >= 4 is 11.6 Å². The molecule has 0 atom stereocenters. The molecule has 5 nitrogen and oxygen atoms in total. The van der Waals surface area contributed by atoms with Crippen molar-refractivity contribution in [1.82, 2.24) is 9.97 Å². The highest BCUT2D eigenvalue weighted by molar-refractivity contribution is 5.49. The fraction of sp³-hybridized carbons (Fsp3) is 0.667. The van der Waals surface area contributed by atoms with E-state index in [0.29, 0.717) is 6.54 Å². The van der Waals surface area contributed by atoms with E-state index in [-0.39, 0.29) is 6.61 Å². The highest BCUT2D eigenvalue weighted by Crippen LogP contribution is 2.15. The van der Waals surface area contributed by atoms with Gasteiger partial charge < -0.3 is 15.3 Å². The molecule has 0 bridgehead atoms. The predicted molar refractivity (Wildman–Crippen MR) is 70.5 cm³/mol. The molecular weight excluding hydrogens is 216 g/mol. The number of aliphatic hydroxyl groups is 1. The van der Waals surface area contributed by atoms with Crippen LogP contribution in [-0.2, 0) is 0 Å². The average Bonchev–Trinajstić information content (AvgIpc) is 2.33. The summed E-state index contributed by atoms with van der Waals surface area (Å²) in [5.74, 6) is 2.43. The van der Waals surface area contributed by atoms with Crippen LogP contribution in [0.15, 0.2) is 6.07 Å². The molecule has 0 spiro atoms. The van der Waals surface area contributed by atoms with Gasteiger partial charge >= 0.3 is 0 Å². The summed E-state index contributed by atoms with van der Waals surface area (Å²) in [4.78, 5) is 10.8. The number of hydrogen-bond donors (Lipinski definition) is 2. The zero-order valence-corrected chi connectivity index (χ0v) is 10.9. The highest BCUT2D eigenvalue weighted by atomic mass is 16.3. The van der Waals surface area contributed by atoms with Gasteiger partial charge in [0.2, 0.25) is 0 Å². The maximum atomic E-state index is 9.09. The molecule has 0 unspecified atom stereocenters. The average molecular weight is 238 g/mol. The molecule has 0 aliphatic rings. The lowest BCUT2D eigenvalue weighted by Gasteiger charge is -2.23. The SMILES string of the molecule is CCCCN(CCO)c1cc(NC)nc(C)n1. The number of nitrogens with one attached hydrogen (secondary N) is 1. The van der Waals surface area contributed by atoms with E-state index in [0.717, 1.165) is 36.8 Å². The topological polar surface area (TPSA) is 61.3 Å². The number of aliphatic hydroxyl groups excluding tert-OH is 1. The molecule has 96 valence electrons. The smallest absolute Gasteiger partial charge is 0.134 e. The third kappa shape index (κ3) is 4.19. The molecular formula is C12H22N4O. The Morgan fingerprint density at radius 1 is 1.35 bits per heavy atom. The van der Waals surface area contributed by atoms with Crippen LogP contribution < -0.4 is 10.2 Å². The predicted octanol–water partition coefficient (Wildman–Crippen LogP) is 1.43. The van der Waals surface area contributed by atoms with Crippen LogP contribution >= 0.6 is 0 Å². The van der Waals surface area contributed by atoms with Crippen molar-refractivity contribution in [3.8, 4) is 0 Å². The monoisotopic (exact) mass is 238 g/mol. The first kappa shape index (κ1) is 13.7. The van der Waals surface area contributed by atoms with E-state index >= 15 is 0 Å². The first-order chi connectivity index (χ1) is 8.21. The molecule has 0 fully saturated rings. The summed E-state index contributed by atoms with van der Waals surface area (Å²) in [5.41, 5.74) is 0. The van der Waals surface area contributed by atoms with Crippen LogP contribution in [0.3, 0.4) is 0 Å². The molecule has 1 aromatic rings. The summed E-state index contributed by atoms with van der Waals surface area (Å²) in [6.07, 6.45) is 2.23. The van der Waals surface area contributed by atoms with Crippen molar-refractivity contribution in [2.75, 3.05) is 37.0 Å². The number of hydrogen-bond acceptors (Lipinski definition) is 5. The van der Waals surface area contributed by atoms with Crippen LogP contribution in [0, 0.1) is 6.92 Å². The number of rotatable bonds is 7. The van der Waals surface area contributed by atoms with Crippen molar-refractivity contribution in [1.29, 1.82) is 0 Å². The lowest BCUT2D eigenvalue weighted by molar-refractivity contribution is 0.301. The maximum Gasteiger partial charge on any atom is 0.134 e. The van der Waals surface area contributed by atoms with Gasteiger partial charge in [-0.3, -0.25) is 0 Å². The van der Waals surface area contributed by atoms with Gasteiger partial charge in [0.1, 0.15) is 17.5 Å². The zero-order valence-electron chi connectivity index (χ0n) is 10.9. The number of unbranched alkanes of at least 4 members (excludes halogenated alkanes) is 1. The number of aryl methyl sites for hydroxylation is 1. The number of anilines is 2. The van der Waals surface area contributed by atoms with Crippen molar-refractivity contribution in [2.24, 2.45) is 0 Å². The van der Waals surface area contributed by atoms with E-state index in [1.165, 1.54) is 0 Å². The lowest BCUT2D eigenvalue weighted by Crippen LogP contribution is -2.29. The van der Waals surface area contributed by atoms with Crippen molar-refractivity contribution < 1.29 is 5.11 Å². The fourth-order valence-corrected chi connectivity index (χ4v) is 1.65. The molecule has 0 aliphatic heterocycles. The Morgan fingerprint density at radius 3 is 2.71 bits per heavy atom. The Bertz CT molecular complexity index is 343. The maximum absolute atomic E-state index is 9.09.